The lowest BCUT2D eigenvalue weighted by atomic mass is 10.3. The van der Waals surface area contributed by atoms with Crippen molar-refractivity contribution < 1.29 is 9.53 Å². The number of aryl methyl sites for hydroxylation is 1. The van der Waals surface area contributed by atoms with Crippen LogP contribution in [0.15, 0.2) is 24.4 Å². The number of methoxy groups -OCH3 is 1. The lowest BCUT2D eigenvalue weighted by molar-refractivity contribution is 0.0594. The molecule has 2 rings (SSSR count). The van der Waals surface area contributed by atoms with Gasteiger partial charge in [0.2, 0.25) is 0 Å². The number of ether oxygens (including phenoxy) is 1. The second-order valence-electron chi connectivity index (χ2n) is 4.25. The third-order valence-corrected chi connectivity index (χ3v) is 2.92. The van der Waals surface area contributed by atoms with E-state index in [1.165, 1.54) is 13.2 Å². The van der Waals surface area contributed by atoms with Gasteiger partial charge in [0.25, 0.3) is 0 Å². The fourth-order valence-corrected chi connectivity index (χ4v) is 1.79. The maximum atomic E-state index is 11.4. The Hall–Kier alpha value is -2.57. The van der Waals surface area contributed by atoms with E-state index < -0.39 is 5.97 Å². The van der Waals surface area contributed by atoms with E-state index in [2.05, 4.69) is 20.1 Å². The summed E-state index contributed by atoms with van der Waals surface area (Å²) in [4.78, 5) is 15.6. The number of anilines is 2. The van der Waals surface area contributed by atoms with Crippen molar-refractivity contribution >= 4 is 17.5 Å². The van der Waals surface area contributed by atoms with Gasteiger partial charge < -0.3 is 15.8 Å². The van der Waals surface area contributed by atoms with Crippen LogP contribution in [-0.4, -0.2) is 34.4 Å². The Bertz CT molecular complexity index is 609. The molecule has 0 aliphatic carbocycles. The number of carbonyl (C=O) groups excluding carboxylic acids is 1. The molecular weight excluding hydrogens is 258 g/mol. The van der Waals surface area contributed by atoms with Gasteiger partial charge in [-0.2, -0.15) is 5.10 Å². The molecule has 106 valence electrons. The molecule has 0 saturated heterocycles. The monoisotopic (exact) mass is 275 g/mol. The van der Waals surface area contributed by atoms with E-state index in [1.807, 2.05) is 17.8 Å². The van der Waals surface area contributed by atoms with Crippen molar-refractivity contribution in [2.45, 2.75) is 6.42 Å². The van der Waals surface area contributed by atoms with Gasteiger partial charge >= 0.3 is 5.97 Å². The van der Waals surface area contributed by atoms with E-state index in [0.717, 1.165) is 12.1 Å². The Morgan fingerprint density at radius 2 is 2.25 bits per heavy atom. The van der Waals surface area contributed by atoms with Gasteiger partial charge in [0.1, 0.15) is 5.82 Å². The highest BCUT2D eigenvalue weighted by molar-refractivity contribution is 5.88. The average Bonchev–Trinajstić information content (AvgIpc) is 2.85. The topological polar surface area (TPSA) is 95.1 Å². The first-order valence-corrected chi connectivity index (χ1v) is 6.17. The zero-order valence-electron chi connectivity index (χ0n) is 11.5. The van der Waals surface area contributed by atoms with Crippen LogP contribution in [0.25, 0.3) is 0 Å². The van der Waals surface area contributed by atoms with Crippen LogP contribution >= 0.6 is 0 Å². The van der Waals surface area contributed by atoms with E-state index in [4.69, 9.17) is 5.73 Å². The predicted octanol–water partition coefficient (Wildman–Crippen LogP) is 0.838. The van der Waals surface area contributed by atoms with Crippen molar-refractivity contribution in [3.8, 4) is 0 Å². The third kappa shape index (κ3) is 3.05. The van der Waals surface area contributed by atoms with Crippen LogP contribution in [-0.2, 0) is 18.2 Å². The van der Waals surface area contributed by atoms with E-state index >= 15 is 0 Å². The molecular formula is C13H17N5O2. The van der Waals surface area contributed by atoms with Crippen LogP contribution in [0.5, 0.6) is 0 Å². The Balaban J connectivity index is 2.02. The van der Waals surface area contributed by atoms with Crippen molar-refractivity contribution in [3.05, 3.63) is 35.8 Å². The first kappa shape index (κ1) is 13.9. The normalized spacial score (nSPS) is 10.3. The second-order valence-corrected chi connectivity index (χ2v) is 4.25. The largest absolute Gasteiger partial charge is 0.464 e. The number of esters is 1. The molecule has 7 nitrogen and oxygen atoms in total. The zero-order chi connectivity index (χ0) is 14.5. The molecule has 0 radical (unpaired) electrons. The molecule has 0 aromatic carbocycles. The maximum absolute atomic E-state index is 11.4. The average molecular weight is 275 g/mol. The van der Waals surface area contributed by atoms with Gasteiger partial charge in [-0.15, -0.1) is 0 Å². The number of hydrogen-bond donors (Lipinski definition) is 2. The van der Waals surface area contributed by atoms with Gasteiger partial charge in [0.15, 0.2) is 5.69 Å². The number of nitrogens with one attached hydrogen (secondary N) is 1. The van der Waals surface area contributed by atoms with E-state index in [1.54, 1.807) is 12.3 Å². The molecule has 2 aromatic rings. The molecule has 20 heavy (non-hydrogen) atoms. The lowest BCUT2D eigenvalue weighted by Crippen LogP contribution is -2.13. The first-order chi connectivity index (χ1) is 9.61. The van der Waals surface area contributed by atoms with Crippen molar-refractivity contribution in [1.29, 1.82) is 0 Å². The van der Waals surface area contributed by atoms with E-state index in [0.29, 0.717) is 18.1 Å². The highest BCUT2D eigenvalue weighted by Crippen LogP contribution is 2.16. The number of carbonyl (C=O) groups is 1. The minimum atomic E-state index is -0.486. The molecule has 0 aliphatic heterocycles. The fraction of sp³-hybridized carbons (Fsp3) is 0.308. The minimum absolute atomic E-state index is 0.227. The van der Waals surface area contributed by atoms with Gasteiger partial charge in [-0.05, 0) is 18.2 Å². The minimum Gasteiger partial charge on any atom is -0.464 e. The summed E-state index contributed by atoms with van der Waals surface area (Å²) >= 11 is 0. The van der Waals surface area contributed by atoms with Crippen LogP contribution in [0.4, 0.5) is 11.5 Å². The smallest absolute Gasteiger partial charge is 0.356 e. The number of rotatable bonds is 5. The molecule has 0 bridgehead atoms. The fourth-order valence-electron chi connectivity index (χ4n) is 1.79. The number of nitrogen functional groups attached to an aromatic ring is 1. The number of nitrogens with zero attached hydrogens (tertiary/aromatic N) is 3. The Labute approximate surface area is 116 Å². The summed E-state index contributed by atoms with van der Waals surface area (Å²) in [6.45, 7) is 0.640. The molecule has 2 heterocycles. The molecule has 0 spiro atoms. The van der Waals surface area contributed by atoms with E-state index in [9.17, 15) is 4.79 Å². The second kappa shape index (κ2) is 6.05. The molecule has 2 aromatic heterocycles. The quantitative estimate of drug-likeness (QED) is 0.785. The summed E-state index contributed by atoms with van der Waals surface area (Å²) in [5.41, 5.74) is 7.64. The summed E-state index contributed by atoms with van der Waals surface area (Å²) in [6.07, 6.45) is 2.53. The van der Waals surface area contributed by atoms with Crippen LogP contribution < -0.4 is 11.1 Å². The number of pyridine rings is 1. The van der Waals surface area contributed by atoms with Crippen molar-refractivity contribution in [2.24, 2.45) is 7.05 Å². The van der Waals surface area contributed by atoms with Gasteiger partial charge in [0.05, 0.1) is 12.8 Å². The highest BCUT2D eigenvalue weighted by Gasteiger charge is 2.10. The van der Waals surface area contributed by atoms with Gasteiger partial charge in [-0.25, -0.2) is 9.78 Å². The van der Waals surface area contributed by atoms with Crippen molar-refractivity contribution in [2.75, 3.05) is 24.7 Å². The number of aromatic nitrogens is 3. The molecule has 0 atom stereocenters. The lowest BCUT2D eigenvalue weighted by Gasteiger charge is -2.09. The first-order valence-electron chi connectivity index (χ1n) is 6.17. The number of hydrogen-bond acceptors (Lipinski definition) is 6. The number of nitrogens with two attached hydrogens (primary N) is 1. The van der Waals surface area contributed by atoms with Crippen LogP contribution in [0.1, 0.15) is 16.2 Å². The summed E-state index contributed by atoms with van der Waals surface area (Å²) in [5.74, 6) is -0.00486. The zero-order valence-corrected chi connectivity index (χ0v) is 11.5. The van der Waals surface area contributed by atoms with Gasteiger partial charge in [-0.1, -0.05) is 0 Å². The van der Waals surface area contributed by atoms with Crippen LogP contribution in [0, 0.1) is 0 Å². The summed E-state index contributed by atoms with van der Waals surface area (Å²) in [6, 6.07) is 5.11. The van der Waals surface area contributed by atoms with Crippen LogP contribution in [0.2, 0.25) is 0 Å². The Kier molecular flexibility index (Phi) is 4.19. The Morgan fingerprint density at radius 3 is 2.90 bits per heavy atom. The van der Waals surface area contributed by atoms with Crippen LogP contribution in [0.3, 0.4) is 0 Å². The molecule has 0 unspecified atom stereocenters. The summed E-state index contributed by atoms with van der Waals surface area (Å²) < 4.78 is 6.44. The summed E-state index contributed by atoms with van der Waals surface area (Å²) in [5, 5.41) is 7.21. The SMILES string of the molecule is COC(=O)c1ccc(N)c(NCCc2ccnn2C)n1. The molecule has 0 fully saturated rings. The van der Waals surface area contributed by atoms with E-state index in [-0.39, 0.29) is 5.69 Å². The molecule has 0 amide bonds. The summed E-state index contributed by atoms with van der Waals surface area (Å²) in [7, 11) is 3.20. The molecule has 3 N–H and O–H groups in total. The Morgan fingerprint density at radius 1 is 1.45 bits per heavy atom. The molecule has 0 saturated carbocycles. The molecule has 0 aliphatic rings. The van der Waals surface area contributed by atoms with Crippen molar-refractivity contribution in [1.82, 2.24) is 14.8 Å². The van der Waals surface area contributed by atoms with Crippen molar-refractivity contribution in [3.63, 3.8) is 0 Å². The molecule has 7 heteroatoms. The third-order valence-electron chi connectivity index (χ3n) is 2.92. The highest BCUT2D eigenvalue weighted by atomic mass is 16.5. The maximum Gasteiger partial charge on any atom is 0.356 e. The van der Waals surface area contributed by atoms with Gasteiger partial charge in [-0.3, -0.25) is 4.68 Å². The predicted molar refractivity (Wildman–Crippen MR) is 75.4 cm³/mol. The standard InChI is InChI=1S/C13H17N5O2/c1-18-9(6-8-16-18)5-7-15-12-10(14)3-4-11(17-12)13(19)20-2/h3-4,6,8H,5,7,14H2,1-2H3,(H,15,17). The van der Waals surface area contributed by atoms with Gasteiger partial charge in [0, 0.05) is 31.9 Å².